The summed E-state index contributed by atoms with van der Waals surface area (Å²) in [6, 6.07) is 8.33. The third kappa shape index (κ3) is 8.67. The standard InChI is InChI=1S/C32H50O2/c1-22-18-29(33)25(14-10-12-16-31(4,5)6)20-27(22)24(3)28-21-26(30(34)19-23(28)2)15-11-13-17-32(7,8)9/h18-21,24,33-34H,10-17H2,1-9H3. The van der Waals surface area contributed by atoms with Crippen LogP contribution in [-0.2, 0) is 12.8 Å². The largest absolute Gasteiger partial charge is 0.508 e. The highest BCUT2D eigenvalue weighted by atomic mass is 16.3. The van der Waals surface area contributed by atoms with Gasteiger partial charge in [-0.05, 0) is 109 Å². The van der Waals surface area contributed by atoms with Gasteiger partial charge in [0.1, 0.15) is 11.5 Å². The van der Waals surface area contributed by atoms with Crippen LogP contribution in [-0.4, -0.2) is 10.2 Å². The van der Waals surface area contributed by atoms with E-state index in [0.29, 0.717) is 22.3 Å². The summed E-state index contributed by atoms with van der Waals surface area (Å²) in [7, 11) is 0. The predicted octanol–water partition coefficient (Wildman–Crippen LogP) is 9.38. The monoisotopic (exact) mass is 466 g/mol. The van der Waals surface area contributed by atoms with E-state index in [9.17, 15) is 10.2 Å². The molecule has 0 unspecified atom stereocenters. The van der Waals surface area contributed by atoms with Crippen LogP contribution in [0.15, 0.2) is 24.3 Å². The summed E-state index contributed by atoms with van der Waals surface area (Å²) in [6.07, 6.45) is 8.78. The lowest BCUT2D eigenvalue weighted by atomic mass is 9.84. The van der Waals surface area contributed by atoms with E-state index in [0.717, 1.165) is 47.9 Å². The fourth-order valence-corrected chi connectivity index (χ4v) is 4.96. The van der Waals surface area contributed by atoms with Gasteiger partial charge >= 0.3 is 0 Å². The Morgan fingerprint density at radius 1 is 0.618 bits per heavy atom. The van der Waals surface area contributed by atoms with Gasteiger partial charge in [0.25, 0.3) is 0 Å². The third-order valence-corrected chi connectivity index (χ3v) is 7.11. The van der Waals surface area contributed by atoms with Crippen molar-refractivity contribution in [1.29, 1.82) is 0 Å². The number of hydrogen-bond acceptors (Lipinski definition) is 2. The van der Waals surface area contributed by atoms with Gasteiger partial charge in [0.05, 0.1) is 0 Å². The molecule has 0 saturated heterocycles. The van der Waals surface area contributed by atoms with Gasteiger partial charge in [-0.25, -0.2) is 0 Å². The molecular weight excluding hydrogens is 416 g/mol. The number of rotatable bonds is 10. The van der Waals surface area contributed by atoms with Gasteiger partial charge in [-0.15, -0.1) is 0 Å². The first-order chi connectivity index (χ1) is 15.7. The molecule has 0 fully saturated rings. The van der Waals surface area contributed by atoms with E-state index in [1.165, 1.54) is 36.8 Å². The van der Waals surface area contributed by atoms with E-state index in [4.69, 9.17) is 0 Å². The topological polar surface area (TPSA) is 40.5 Å². The number of phenols is 2. The lowest BCUT2D eigenvalue weighted by Gasteiger charge is -2.22. The Balaban J connectivity index is 2.20. The minimum atomic E-state index is 0.211. The van der Waals surface area contributed by atoms with E-state index in [1.54, 1.807) is 0 Å². The van der Waals surface area contributed by atoms with Crippen molar-refractivity contribution in [2.45, 2.75) is 120 Å². The number of aryl methyl sites for hydroxylation is 4. The van der Waals surface area contributed by atoms with Crippen molar-refractivity contribution in [1.82, 2.24) is 0 Å². The molecule has 0 aliphatic heterocycles. The first-order valence-electron chi connectivity index (χ1n) is 13.3. The maximum absolute atomic E-state index is 10.6. The molecule has 0 aliphatic rings. The Kier molecular flexibility index (Phi) is 9.69. The Hall–Kier alpha value is -1.96. The summed E-state index contributed by atoms with van der Waals surface area (Å²) >= 11 is 0. The molecule has 0 aliphatic carbocycles. The van der Waals surface area contributed by atoms with Crippen LogP contribution in [0.3, 0.4) is 0 Å². The number of benzene rings is 2. The average molecular weight is 467 g/mol. The zero-order chi connectivity index (χ0) is 25.7. The van der Waals surface area contributed by atoms with E-state index in [-0.39, 0.29) is 5.92 Å². The number of hydrogen-bond donors (Lipinski definition) is 2. The van der Waals surface area contributed by atoms with Crippen molar-refractivity contribution < 1.29 is 10.2 Å². The minimum Gasteiger partial charge on any atom is -0.508 e. The maximum Gasteiger partial charge on any atom is 0.119 e. The molecule has 0 amide bonds. The number of unbranched alkanes of at least 4 members (excludes halogenated alkanes) is 2. The van der Waals surface area contributed by atoms with Gasteiger partial charge in [-0.2, -0.15) is 0 Å². The van der Waals surface area contributed by atoms with Crippen molar-refractivity contribution in [2.24, 2.45) is 10.8 Å². The molecule has 2 heteroatoms. The van der Waals surface area contributed by atoms with Gasteiger partial charge in [-0.3, -0.25) is 0 Å². The molecule has 190 valence electrons. The molecule has 2 N–H and O–H groups in total. The minimum absolute atomic E-state index is 0.211. The van der Waals surface area contributed by atoms with E-state index < -0.39 is 0 Å². The Morgan fingerprint density at radius 2 is 0.971 bits per heavy atom. The molecule has 2 aromatic carbocycles. The van der Waals surface area contributed by atoms with Crippen molar-refractivity contribution in [3.8, 4) is 11.5 Å². The predicted molar refractivity (Wildman–Crippen MR) is 147 cm³/mol. The van der Waals surface area contributed by atoms with Crippen LogP contribution >= 0.6 is 0 Å². The highest BCUT2D eigenvalue weighted by Crippen LogP contribution is 2.36. The second-order valence-electron chi connectivity index (χ2n) is 12.9. The van der Waals surface area contributed by atoms with Crippen LogP contribution < -0.4 is 0 Å². The normalized spacial score (nSPS) is 12.5. The fraction of sp³-hybridized carbons (Fsp3) is 0.625. The van der Waals surface area contributed by atoms with Crippen LogP contribution in [0.4, 0.5) is 0 Å². The highest BCUT2D eigenvalue weighted by Gasteiger charge is 2.19. The summed E-state index contributed by atoms with van der Waals surface area (Å²) in [5.74, 6) is 1.06. The molecule has 2 rings (SSSR count). The molecule has 0 saturated carbocycles. The lowest BCUT2D eigenvalue weighted by molar-refractivity contribution is 0.359. The molecule has 0 spiro atoms. The van der Waals surface area contributed by atoms with Crippen molar-refractivity contribution in [3.63, 3.8) is 0 Å². The third-order valence-electron chi connectivity index (χ3n) is 7.11. The molecule has 0 radical (unpaired) electrons. The Bertz CT molecular complexity index is 863. The Morgan fingerprint density at radius 3 is 1.29 bits per heavy atom. The van der Waals surface area contributed by atoms with Gasteiger partial charge in [-0.1, -0.05) is 73.4 Å². The molecular formula is C32H50O2. The van der Waals surface area contributed by atoms with E-state index >= 15 is 0 Å². The van der Waals surface area contributed by atoms with Crippen molar-refractivity contribution >= 4 is 0 Å². The van der Waals surface area contributed by atoms with Crippen molar-refractivity contribution in [2.75, 3.05) is 0 Å². The summed E-state index contributed by atoms with van der Waals surface area (Å²) in [4.78, 5) is 0. The summed E-state index contributed by atoms with van der Waals surface area (Å²) < 4.78 is 0. The quantitative estimate of drug-likeness (QED) is 0.342. The molecule has 2 aromatic rings. The van der Waals surface area contributed by atoms with Crippen LogP contribution in [0.25, 0.3) is 0 Å². The summed E-state index contributed by atoms with van der Waals surface area (Å²) in [5.41, 5.74) is 7.63. The second-order valence-corrected chi connectivity index (χ2v) is 12.9. The zero-order valence-electron chi connectivity index (χ0n) is 23.4. The van der Waals surface area contributed by atoms with Gasteiger partial charge in [0, 0.05) is 5.92 Å². The Labute approximate surface area is 209 Å². The van der Waals surface area contributed by atoms with Crippen LogP contribution in [0.2, 0.25) is 0 Å². The first kappa shape index (κ1) is 28.3. The summed E-state index contributed by atoms with van der Waals surface area (Å²) in [5, 5.41) is 21.2. The van der Waals surface area contributed by atoms with E-state index in [2.05, 4.69) is 74.4 Å². The van der Waals surface area contributed by atoms with Gasteiger partial charge in [0.15, 0.2) is 0 Å². The second kappa shape index (κ2) is 11.6. The molecule has 0 heterocycles. The van der Waals surface area contributed by atoms with Gasteiger partial charge in [0.2, 0.25) is 0 Å². The molecule has 0 bridgehead atoms. The molecule has 34 heavy (non-hydrogen) atoms. The van der Waals surface area contributed by atoms with Crippen molar-refractivity contribution in [3.05, 3.63) is 57.6 Å². The molecule has 0 aromatic heterocycles. The number of phenolic OH excluding ortho intramolecular Hbond substituents is 2. The fourth-order valence-electron chi connectivity index (χ4n) is 4.96. The zero-order valence-corrected chi connectivity index (χ0v) is 23.4. The van der Waals surface area contributed by atoms with Crippen LogP contribution in [0.1, 0.15) is 126 Å². The maximum atomic E-state index is 10.6. The summed E-state index contributed by atoms with van der Waals surface area (Å²) in [6.45, 7) is 20.2. The SMILES string of the molecule is Cc1cc(O)c(CCCCC(C)(C)C)cc1C(C)c1cc(CCCCC(C)(C)C)c(O)cc1C. The van der Waals surface area contributed by atoms with E-state index in [1.807, 2.05) is 12.1 Å². The first-order valence-corrected chi connectivity index (χ1v) is 13.3. The average Bonchev–Trinajstić information content (AvgIpc) is 2.69. The highest BCUT2D eigenvalue weighted by molar-refractivity contribution is 5.50. The molecule has 0 atom stereocenters. The molecule has 2 nitrogen and oxygen atoms in total. The van der Waals surface area contributed by atoms with Crippen LogP contribution in [0.5, 0.6) is 11.5 Å². The smallest absolute Gasteiger partial charge is 0.119 e. The van der Waals surface area contributed by atoms with Gasteiger partial charge < -0.3 is 10.2 Å². The van der Waals surface area contributed by atoms with Crippen LogP contribution in [0, 0.1) is 24.7 Å². The number of aromatic hydroxyl groups is 2. The lowest BCUT2D eigenvalue weighted by Crippen LogP contribution is -2.06.